The molecule has 29 heavy (non-hydrogen) atoms. The van der Waals surface area contributed by atoms with E-state index in [1.807, 2.05) is 31.2 Å². The van der Waals surface area contributed by atoms with Crippen molar-refractivity contribution in [2.24, 2.45) is 7.05 Å². The number of carbonyl (C=O) groups excluding carboxylic acids is 1. The number of halogens is 1. The lowest BCUT2D eigenvalue weighted by Gasteiger charge is -2.27. The maximum atomic E-state index is 13.4. The highest BCUT2D eigenvalue weighted by Gasteiger charge is 2.24. The lowest BCUT2D eigenvalue weighted by Crippen LogP contribution is -2.39. The molecule has 4 rings (SSSR count). The summed E-state index contributed by atoms with van der Waals surface area (Å²) in [5.74, 6) is -0.0831. The van der Waals surface area contributed by atoms with Gasteiger partial charge in [-0.15, -0.1) is 0 Å². The molecule has 7 nitrogen and oxygen atoms in total. The molecule has 1 amide bonds. The molecule has 9 heteroatoms. The molecular formula is C20H24ClN5O2S. The molecule has 1 fully saturated rings. The van der Waals surface area contributed by atoms with Crippen LogP contribution in [0.2, 0.25) is 5.02 Å². The topological polar surface area (TPSA) is 63.5 Å². The molecule has 0 bridgehead atoms. The van der Waals surface area contributed by atoms with Crippen molar-refractivity contribution in [2.45, 2.75) is 13.3 Å². The van der Waals surface area contributed by atoms with Crippen molar-refractivity contribution in [1.29, 1.82) is 0 Å². The summed E-state index contributed by atoms with van der Waals surface area (Å²) in [6.45, 7) is 6.83. The maximum absolute atomic E-state index is 13.4. The first-order valence-corrected chi connectivity index (χ1v) is 10.9. The van der Waals surface area contributed by atoms with E-state index < -0.39 is 0 Å². The van der Waals surface area contributed by atoms with Crippen molar-refractivity contribution in [1.82, 2.24) is 19.7 Å². The van der Waals surface area contributed by atoms with Gasteiger partial charge in [-0.3, -0.25) is 19.3 Å². The maximum Gasteiger partial charge on any atom is 0.278 e. The summed E-state index contributed by atoms with van der Waals surface area (Å²) in [4.78, 5) is 22.2. The Hall–Kier alpha value is -2.00. The molecule has 0 N–H and O–H groups in total. The zero-order valence-corrected chi connectivity index (χ0v) is 18.2. The first kappa shape index (κ1) is 20.3. The van der Waals surface area contributed by atoms with Crippen molar-refractivity contribution in [2.75, 3.05) is 44.3 Å². The second-order valence-corrected chi connectivity index (χ2v) is 8.61. The summed E-state index contributed by atoms with van der Waals surface area (Å²) in [7, 11) is 1.80. The molecule has 2 aromatic heterocycles. The van der Waals surface area contributed by atoms with E-state index in [-0.39, 0.29) is 5.91 Å². The van der Waals surface area contributed by atoms with Gasteiger partial charge in [-0.05, 0) is 37.6 Å². The van der Waals surface area contributed by atoms with Gasteiger partial charge in [-0.1, -0.05) is 22.9 Å². The number of morpholine rings is 1. The van der Waals surface area contributed by atoms with E-state index in [2.05, 4.69) is 10.00 Å². The minimum atomic E-state index is -0.0831. The van der Waals surface area contributed by atoms with Crippen molar-refractivity contribution in [3.05, 3.63) is 40.7 Å². The number of hydrogen-bond donors (Lipinski definition) is 0. The molecule has 0 radical (unpaired) electrons. The summed E-state index contributed by atoms with van der Waals surface area (Å²) in [5, 5.41) is 5.68. The smallest absolute Gasteiger partial charge is 0.278 e. The van der Waals surface area contributed by atoms with E-state index in [1.54, 1.807) is 16.6 Å². The molecular weight excluding hydrogens is 410 g/mol. The summed E-state index contributed by atoms with van der Waals surface area (Å²) < 4.78 is 8.02. The van der Waals surface area contributed by atoms with Crippen molar-refractivity contribution in [3.8, 4) is 0 Å². The van der Waals surface area contributed by atoms with E-state index in [0.29, 0.717) is 22.4 Å². The van der Waals surface area contributed by atoms with E-state index in [0.717, 1.165) is 55.2 Å². The lowest BCUT2D eigenvalue weighted by molar-refractivity contribution is 0.0376. The first-order valence-electron chi connectivity index (χ1n) is 9.70. The van der Waals surface area contributed by atoms with Crippen LogP contribution in [0, 0.1) is 6.92 Å². The fraction of sp³-hybridized carbons (Fsp3) is 0.450. The fourth-order valence-corrected chi connectivity index (χ4v) is 4.78. The SMILES string of the molecule is Cc1cc(C(=O)N(CCCN2CCOCC2)c2nc3ccc(Cl)cc3s2)n(C)n1. The Labute approximate surface area is 178 Å². The third kappa shape index (κ3) is 4.61. The normalized spacial score (nSPS) is 15.1. The quantitative estimate of drug-likeness (QED) is 0.596. The minimum Gasteiger partial charge on any atom is -0.379 e. The summed E-state index contributed by atoms with van der Waals surface area (Å²) in [6, 6.07) is 7.43. The van der Waals surface area contributed by atoms with E-state index in [9.17, 15) is 4.79 Å². The van der Waals surface area contributed by atoms with Crippen LogP contribution >= 0.6 is 22.9 Å². The Morgan fingerprint density at radius 1 is 1.31 bits per heavy atom. The zero-order chi connectivity index (χ0) is 20.4. The Balaban J connectivity index is 1.58. The van der Waals surface area contributed by atoms with E-state index in [4.69, 9.17) is 21.3 Å². The number of nitrogens with zero attached hydrogens (tertiary/aromatic N) is 5. The van der Waals surface area contributed by atoms with Crippen molar-refractivity contribution in [3.63, 3.8) is 0 Å². The molecule has 0 atom stereocenters. The third-order valence-corrected chi connectivity index (χ3v) is 6.27. The average Bonchev–Trinajstić information content (AvgIpc) is 3.27. The average molecular weight is 434 g/mol. The molecule has 1 aliphatic rings. The van der Waals surface area contributed by atoms with Gasteiger partial charge in [0.2, 0.25) is 0 Å². The number of rotatable bonds is 6. The second kappa shape index (κ2) is 8.79. The summed E-state index contributed by atoms with van der Waals surface area (Å²) >= 11 is 7.62. The number of carbonyl (C=O) groups is 1. The molecule has 3 aromatic rings. The molecule has 1 aliphatic heterocycles. The lowest BCUT2D eigenvalue weighted by atomic mass is 10.3. The van der Waals surface area contributed by atoms with Gasteiger partial charge in [0.1, 0.15) is 5.69 Å². The molecule has 0 aliphatic carbocycles. The fourth-order valence-electron chi connectivity index (χ4n) is 3.51. The van der Waals surface area contributed by atoms with Crippen molar-refractivity contribution >= 4 is 44.2 Å². The van der Waals surface area contributed by atoms with Crippen LogP contribution in [0.15, 0.2) is 24.3 Å². The number of fused-ring (bicyclic) bond motifs is 1. The third-order valence-electron chi connectivity index (χ3n) is 5.00. The van der Waals surface area contributed by atoms with Gasteiger partial charge in [0.05, 0.1) is 29.1 Å². The molecule has 3 heterocycles. The van der Waals surface area contributed by atoms with Crippen LogP contribution in [0.1, 0.15) is 22.6 Å². The number of aromatic nitrogens is 3. The van der Waals surface area contributed by atoms with Gasteiger partial charge in [0.15, 0.2) is 5.13 Å². The predicted octanol–water partition coefficient (Wildman–Crippen LogP) is 3.36. The van der Waals surface area contributed by atoms with Crippen LogP contribution < -0.4 is 4.90 Å². The van der Waals surface area contributed by atoms with Gasteiger partial charge in [-0.25, -0.2) is 4.98 Å². The number of hydrogen-bond acceptors (Lipinski definition) is 6. The van der Waals surface area contributed by atoms with Crippen LogP contribution in [-0.4, -0.2) is 65.0 Å². The second-order valence-electron chi connectivity index (χ2n) is 7.17. The Morgan fingerprint density at radius 2 is 2.10 bits per heavy atom. The minimum absolute atomic E-state index is 0.0831. The number of amides is 1. The molecule has 1 saturated heterocycles. The summed E-state index contributed by atoms with van der Waals surface area (Å²) in [6.07, 6.45) is 0.860. The van der Waals surface area contributed by atoms with Gasteiger partial charge >= 0.3 is 0 Å². The van der Waals surface area contributed by atoms with Crippen LogP contribution in [0.5, 0.6) is 0 Å². The Bertz CT molecular complexity index is 1010. The van der Waals surface area contributed by atoms with Crippen LogP contribution in [-0.2, 0) is 11.8 Å². The number of benzene rings is 1. The highest BCUT2D eigenvalue weighted by Crippen LogP contribution is 2.31. The Kier molecular flexibility index (Phi) is 6.15. The Morgan fingerprint density at radius 3 is 2.83 bits per heavy atom. The van der Waals surface area contributed by atoms with Gasteiger partial charge in [0.25, 0.3) is 5.91 Å². The van der Waals surface area contributed by atoms with Gasteiger partial charge in [-0.2, -0.15) is 5.10 Å². The molecule has 0 unspecified atom stereocenters. The molecule has 0 spiro atoms. The predicted molar refractivity (Wildman–Crippen MR) is 116 cm³/mol. The first-order chi connectivity index (χ1) is 14.0. The number of anilines is 1. The highest BCUT2D eigenvalue weighted by atomic mass is 35.5. The van der Waals surface area contributed by atoms with E-state index in [1.165, 1.54) is 11.3 Å². The highest BCUT2D eigenvalue weighted by molar-refractivity contribution is 7.22. The number of ether oxygens (including phenoxy) is 1. The van der Waals surface area contributed by atoms with Crippen LogP contribution in [0.25, 0.3) is 10.2 Å². The molecule has 154 valence electrons. The van der Waals surface area contributed by atoms with Crippen LogP contribution in [0.3, 0.4) is 0 Å². The van der Waals surface area contributed by atoms with Crippen LogP contribution in [0.4, 0.5) is 5.13 Å². The molecule has 0 saturated carbocycles. The monoisotopic (exact) mass is 433 g/mol. The van der Waals surface area contributed by atoms with Gasteiger partial charge in [0, 0.05) is 38.2 Å². The summed E-state index contributed by atoms with van der Waals surface area (Å²) in [5.41, 5.74) is 2.23. The van der Waals surface area contributed by atoms with E-state index >= 15 is 0 Å². The number of thiazole rings is 1. The zero-order valence-electron chi connectivity index (χ0n) is 16.6. The standard InChI is InChI=1S/C20H24ClN5O2S/c1-14-12-17(24(2)23-14)19(27)26(7-3-6-25-8-10-28-11-9-25)20-22-16-5-4-15(21)13-18(16)29-20/h4-5,12-13H,3,6-11H2,1-2H3. The largest absolute Gasteiger partial charge is 0.379 e. The van der Waals surface area contributed by atoms with Crippen molar-refractivity contribution < 1.29 is 9.53 Å². The molecule has 1 aromatic carbocycles. The number of aryl methyl sites for hydroxylation is 2. The van der Waals surface area contributed by atoms with Gasteiger partial charge < -0.3 is 4.74 Å².